The van der Waals surface area contributed by atoms with Crippen molar-refractivity contribution in [2.24, 2.45) is 5.41 Å². The lowest BCUT2D eigenvalue weighted by atomic mass is 9.85. The molecule has 3 heterocycles. The average Bonchev–Trinajstić information content (AvgIpc) is 3.95. The van der Waals surface area contributed by atoms with Gasteiger partial charge < -0.3 is 41.1 Å². The molecule has 2 aliphatic heterocycles. The van der Waals surface area contributed by atoms with Gasteiger partial charge in [-0.05, 0) is 98.6 Å². The van der Waals surface area contributed by atoms with Crippen molar-refractivity contribution in [3.8, 4) is 10.4 Å². The van der Waals surface area contributed by atoms with Crippen molar-refractivity contribution in [1.29, 1.82) is 0 Å². The molecule has 370 valence electrons. The van der Waals surface area contributed by atoms with Crippen LogP contribution in [0.3, 0.4) is 0 Å². The van der Waals surface area contributed by atoms with E-state index in [9.17, 15) is 19.5 Å². The monoisotopic (exact) mass is 950 g/mol. The van der Waals surface area contributed by atoms with E-state index in [1.807, 2.05) is 64.4 Å². The number of nitrogens with zero attached hydrogens (tertiary/aromatic N) is 5. The van der Waals surface area contributed by atoms with Gasteiger partial charge in [0.25, 0.3) is 0 Å². The fourth-order valence-electron chi connectivity index (χ4n) is 9.34. The predicted molar refractivity (Wildman–Crippen MR) is 278 cm³/mol. The quantitative estimate of drug-likeness (QED) is 0.0455. The van der Waals surface area contributed by atoms with Crippen LogP contribution in [0.5, 0.6) is 0 Å². The molecule has 5 N–H and O–H groups in total. The molecule has 1 aromatic heterocycles. The van der Waals surface area contributed by atoms with E-state index in [4.69, 9.17) is 0 Å². The molecule has 0 aliphatic carbocycles. The van der Waals surface area contributed by atoms with E-state index in [0.717, 1.165) is 119 Å². The van der Waals surface area contributed by atoms with Crippen LogP contribution >= 0.6 is 11.3 Å². The van der Waals surface area contributed by atoms with Crippen LogP contribution in [0.2, 0.25) is 0 Å². The van der Waals surface area contributed by atoms with Gasteiger partial charge in [-0.15, -0.1) is 11.3 Å². The summed E-state index contributed by atoms with van der Waals surface area (Å²) in [5.74, 6) is -0.813. The van der Waals surface area contributed by atoms with Gasteiger partial charge in [0.05, 0.1) is 28.2 Å². The van der Waals surface area contributed by atoms with Gasteiger partial charge >= 0.3 is 0 Å². The van der Waals surface area contributed by atoms with Gasteiger partial charge in [0.1, 0.15) is 12.1 Å². The lowest BCUT2D eigenvalue weighted by Gasteiger charge is -2.36. The fraction of sp³-hybridized carbons (Fsp3) is 0.556. The van der Waals surface area contributed by atoms with E-state index >= 15 is 0 Å². The molecule has 3 amide bonds. The number of aryl methyl sites for hydroxylation is 1. The van der Waals surface area contributed by atoms with Crippen molar-refractivity contribution in [1.82, 2.24) is 36.1 Å². The summed E-state index contributed by atoms with van der Waals surface area (Å²) in [4.78, 5) is 55.2. The summed E-state index contributed by atoms with van der Waals surface area (Å²) in [5, 5.41) is 23.9. The number of anilines is 2. The van der Waals surface area contributed by atoms with Gasteiger partial charge in [0.2, 0.25) is 17.7 Å². The maximum absolute atomic E-state index is 14.1. The standard InChI is InChI=1S/C54H79N9O4S/c1-39(42-21-23-43(24-22-42)50-40(2)57-38-68-50)58-52(66)48-34-46(64)37-63(48)53(67)51(54(3,4)5)59-49(65)18-11-9-8-10-14-29-61-30-32-62(33-31-61)45-25-19-41(20-26-45)35-55-27-15-28-56-36-44-16-12-13-17-47(44)60(6)7/h12-13,16-17,19-26,38-39,46,48,51,55-56,64H,8-11,14-15,18,27-37H2,1-7H3,(H,58,66)(H,59,65)/t39-,46+,48-,51+/m0/s1. The van der Waals surface area contributed by atoms with Crippen molar-refractivity contribution in [3.63, 3.8) is 0 Å². The molecule has 0 bridgehead atoms. The second-order valence-electron chi connectivity index (χ2n) is 20.1. The summed E-state index contributed by atoms with van der Waals surface area (Å²) in [6, 6.07) is 23.7. The number of thiazole rings is 1. The molecule has 4 aromatic rings. The minimum atomic E-state index is -0.831. The van der Waals surface area contributed by atoms with Crippen LogP contribution in [0.1, 0.15) is 107 Å². The summed E-state index contributed by atoms with van der Waals surface area (Å²) in [6.45, 7) is 18.7. The van der Waals surface area contributed by atoms with Crippen molar-refractivity contribution in [3.05, 3.63) is 101 Å². The molecule has 0 spiro atoms. The molecule has 6 rings (SSSR count). The highest BCUT2D eigenvalue weighted by Crippen LogP contribution is 2.30. The zero-order valence-corrected chi connectivity index (χ0v) is 42.7. The van der Waals surface area contributed by atoms with Gasteiger partial charge in [-0.25, -0.2) is 4.98 Å². The normalized spacial score (nSPS) is 17.5. The van der Waals surface area contributed by atoms with E-state index in [1.165, 1.54) is 27.4 Å². The van der Waals surface area contributed by atoms with Crippen LogP contribution in [-0.2, 0) is 27.5 Å². The number of para-hydroxylation sites is 1. The Hall–Kier alpha value is -4.86. The third-order valence-corrected chi connectivity index (χ3v) is 14.4. The number of rotatable bonds is 24. The lowest BCUT2D eigenvalue weighted by molar-refractivity contribution is -0.144. The van der Waals surface area contributed by atoms with Gasteiger partial charge in [0.15, 0.2) is 0 Å². The number of aliphatic hydroxyl groups is 1. The number of amides is 3. The van der Waals surface area contributed by atoms with Crippen LogP contribution in [0.4, 0.5) is 11.4 Å². The maximum Gasteiger partial charge on any atom is 0.246 e. The zero-order valence-electron chi connectivity index (χ0n) is 41.9. The molecule has 0 unspecified atom stereocenters. The Morgan fingerprint density at radius 3 is 2.19 bits per heavy atom. The minimum Gasteiger partial charge on any atom is -0.391 e. The number of aliphatic hydroxyl groups excluding tert-OH is 1. The molecule has 68 heavy (non-hydrogen) atoms. The summed E-state index contributed by atoms with van der Waals surface area (Å²) in [7, 11) is 4.18. The maximum atomic E-state index is 14.1. The van der Waals surface area contributed by atoms with Crippen molar-refractivity contribution >= 4 is 40.4 Å². The first-order valence-corrected chi connectivity index (χ1v) is 25.9. The number of β-amino-alcohol motifs (C(OH)–C–C–N with tert-alkyl or cyclic N) is 1. The number of carbonyl (C=O) groups excluding carboxylic acids is 3. The SMILES string of the molecule is Cc1ncsc1-c1ccc([C@H](C)NC(=O)[C@@H]2C[C@@H](O)CN2C(=O)[C@@H](NC(=O)CCCCCCCN2CCN(c3ccc(CNCCCNCc4ccccc4N(C)C)cc3)CC2)C(C)(C)C)cc1. The first kappa shape index (κ1) is 52.5. The van der Waals surface area contributed by atoms with Gasteiger partial charge in [-0.3, -0.25) is 19.3 Å². The number of hydrogen-bond donors (Lipinski definition) is 5. The second-order valence-corrected chi connectivity index (χ2v) is 21.0. The number of unbranched alkanes of at least 4 members (excludes halogenated alkanes) is 4. The summed E-state index contributed by atoms with van der Waals surface area (Å²) < 4.78 is 0. The average molecular weight is 950 g/mol. The Bertz CT molecular complexity index is 2180. The van der Waals surface area contributed by atoms with Crippen LogP contribution in [0.15, 0.2) is 78.3 Å². The van der Waals surface area contributed by atoms with Gasteiger partial charge in [-0.1, -0.05) is 94.6 Å². The second kappa shape index (κ2) is 25.7. The number of likely N-dealkylation sites (tertiary alicyclic amines) is 1. The van der Waals surface area contributed by atoms with Crippen molar-refractivity contribution < 1.29 is 19.5 Å². The van der Waals surface area contributed by atoms with Crippen LogP contribution in [-0.4, -0.2) is 122 Å². The lowest BCUT2D eigenvalue weighted by Crippen LogP contribution is -2.57. The molecule has 2 aliphatic rings. The van der Waals surface area contributed by atoms with Crippen LogP contribution in [0, 0.1) is 12.3 Å². The third kappa shape index (κ3) is 15.3. The minimum absolute atomic E-state index is 0.0484. The Kier molecular flexibility index (Phi) is 19.8. The van der Waals surface area contributed by atoms with Gasteiger partial charge in [-0.2, -0.15) is 0 Å². The molecule has 0 saturated carbocycles. The number of nitrogens with one attached hydrogen (secondary N) is 4. The highest BCUT2D eigenvalue weighted by molar-refractivity contribution is 7.13. The van der Waals surface area contributed by atoms with E-state index in [1.54, 1.807) is 11.3 Å². The van der Waals surface area contributed by atoms with Gasteiger partial charge in [0, 0.05) is 84.1 Å². The van der Waals surface area contributed by atoms with E-state index in [2.05, 4.69) is 104 Å². The molecule has 4 atom stereocenters. The van der Waals surface area contributed by atoms with E-state index < -0.39 is 23.6 Å². The summed E-state index contributed by atoms with van der Waals surface area (Å²) >= 11 is 1.60. The van der Waals surface area contributed by atoms with E-state index in [0.29, 0.717) is 6.42 Å². The number of aromatic nitrogens is 1. The molecule has 2 saturated heterocycles. The van der Waals surface area contributed by atoms with Crippen LogP contribution in [0.25, 0.3) is 10.4 Å². The topological polar surface area (TPSA) is 145 Å². The third-order valence-electron chi connectivity index (χ3n) is 13.4. The molecular weight excluding hydrogens is 871 g/mol. The summed E-state index contributed by atoms with van der Waals surface area (Å²) in [6.07, 6.45) is 5.80. The number of hydrogen-bond acceptors (Lipinski definition) is 11. The molecule has 2 fully saturated rings. The summed E-state index contributed by atoms with van der Waals surface area (Å²) in [5.41, 5.74) is 9.43. The smallest absolute Gasteiger partial charge is 0.246 e. The zero-order chi connectivity index (χ0) is 48.6. The van der Waals surface area contributed by atoms with Crippen molar-refractivity contribution in [2.75, 3.05) is 76.3 Å². The Balaban J connectivity index is 0.824. The Morgan fingerprint density at radius 1 is 0.838 bits per heavy atom. The van der Waals surface area contributed by atoms with Crippen LogP contribution < -0.4 is 31.1 Å². The number of piperazine rings is 1. The Labute approximate surface area is 410 Å². The largest absolute Gasteiger partial charge is 0.391 e. The number of benzene rings is 3. The number of carbonyl (C=O) groups is 3. The Morgan fingerprint density at radius 2 is 1.51 bits per heavy atom. The molecule has 13 nitrogen and oxygen atoms in total. The molecule has 14 heteroatoms. The van der Waals surface area contributed by atoms with E-state index in [-0.39, 0.29) is 36.7 Å². The molecule has 0 radical (unpaired) electrons. The fourth-order valence-corrected chi connectivity index (χ4v) is 10.2. The molecule has 3 aromatic carbocycles. The van der Waals surface area contributed by atoms with Crippen molar-refractivity contribution in [2.45, 2.75) is 123 Å². The molecular formula is C54H79N9O4S. The predicted octanol–water partition coefficient (Wildman–Crippen LogP) is 7.29. The first-order valence-electron chi connectivity index (χ1n) is 25.0. The highest BCUT2D eigenvalue weighted by Gasteiger charge is 2.44. The highest BCUT2D eigenvalue weighted by atomic mass is 32.1. The first-order chi connectivity index (χ1) is 32.7.